The number of carbonyl (C=O) groups excluding carboxylic acids is 1. The van der Waals surface area contributed by atoms with Crippen molar-refractivity contribution in [3.05, 3.63) is 54.0 Å². The average Bonchev–Trinajstić information content (AvgIpc) is 2.93. The molecule has 7 heteroatoms. The minimum absolute atomic E-state index is 0.241. The number of amides is 1. The molecule has 7 nitrogen and oxygen atoms in total. The van der Waals surface area contributed by atoms with E-state index in [1.54, 1.807) is 24.4 Å². The first-order chi connectivity index (χ1) is 12.5. The standard InChI is InChI=1S/C19H23N3O4/c1-13-4-2-6-17(22-13)26-12-19(8-15(23)16(24)9-19)11-21-18(25)14-5-3-7-20-10-14/h2-7,10,15-16,23-24H,8-9,11-12H2,1H3,(H,21,25). The van der Waals surface area contributed by atoms with Crippen LogP contribution in [0.1, 0.15) is 28.9 Å². The van der Waals surface area contributed by atoms with E-state index in [9.17, 15) is 15.0 Å². The third kappa shape index (κ3) is 4.36. The van der Waals surface area contributed by atoms with Gasteiger partial charge in [0.25, 0.3) is 5.91 Å². The van der Waals surface area contributed by atoms with Crippen molar-refractivity contribution in [3.8, 4) is 5.88 Å². The number of aliphatic hydroxyl groups is 2. The number of aryl methyl sites for hydroxylation is 1. The van der Waals surface area contributed by atoms with E-state index in [0.29, 0.717) is 24.3 Å². The molecule has 1 aliphatic rings. The van der Waals surface area contributed by atoms with Crippen molar-refractivity contribution in [1.29, 1.82) is 0 Å². The second-order valence-electron chi connectivity index (χ2n) is 6.87. The molecule has 1 saturated carbocycles. The first-order valence-electron chi connectivity index (χ1n) is 8.58. The molecule has 0 spiro atoms. The van der Waals surface area contributed by atoms with Gasteiger partial charge in [-0.05, 0) is 38.0 Å². The van der Waals surface area contributed by atoms with Crippen molar-refractivity contribution in [3.63, 3.8) is 0 Å². The van der Waals surface area contributed by atoms with E-state index in [0.717, 1.165) is 5.69 Å². The van der Waals surface area contributed by atoms with E-state index in [-0.39, 0.29) is 19.1 Å². The Morgan fingerprint density at radius 1 is 1.27 bits per heavy atom. The van der Waals surface area contributed by atoms with Gasteiger partial charge in [-0.1, -0.05) is 6.07 Å². The fourth-order valence-corrected chi connectivity index (χ4v) is 3.25. The normalized spacial score (nSPS) is 25.0. The molecule has 2 aromatic rings. The van der Waals surface area contributed by atoms with Crippen LogP contribution in [0.4, 0.5) is 0 Å². The van der Waals surface area contributed by atoms with Gasteiger partial charge in [-0.2, -0.15) is 0 Å². The van der Waals surface area contributed by atoms with Crippen molar-refractivity contribution >= 4 is 5.91 Å². The average molecular weight is 357 g/mol. The van der Waals surface area contributed by atoms with Gasteiger partial charge < -0.3 is 20.3 Å². The Morgan fingerprint density at radius 2 is 2.04 bits per heavy atom. The number of nitrogens with one attached hydrogen (secondary N) is 1. The van der Waals surface area contributed by atoms with Gasteiger partial charge in [-0.25, -0.2) is 4.98 Å². The van der Waals surface area contributed by atoms with Crippen LogP contribution in [0.2, 0.25) is 0 Å². The second-order valence-corrected chi connectivity index (χ2v) is 6.87. The summed E-state index contributed by atoms with van der Waals surface area (Å²) in [7, 11) is 0. The topological polar surface area (TPSA) is 105 Å². The Bertz CT molecular complexity index is 743. The Morgan fingerprint density at radius 3 is 2.69 bits per heavy atom. The molecule has 2 aromatic heterocycles. The van der Waals surface area contributed by atoms with Gasteiger partial charge in [0.1, 0.15) is 0 Å². The summed E-state index contributed by atoms with van der Waals surface area (Å²) in [5, 5.41) is 22.9. The van der Waals surface area contributed by atoms with E-state index in [1.807, 2.05) is 19.1 Å². The molecule has 1 aliphatic carbocycles. The van der Waals surface area contributed by atoms with Gasteiger partial charge in [0.15, 0.2) is 0 Å². The summed E-state index contributed by atoms with van der Waals surface area (Å²) in [6, 6.07) is 8.87. The van der Waals surface area contributed by atoms with Crippen molar-refractivity contribution in [2.75, 3.05) is 13.2 Å². The van der Waals surface area contributed by atoms with Crippen LogP contribution in [0.5, 0.6) is 5.88 Å². The van der Waals surface area contributed by atoms with E-state index >= 15 is 0 Å². The quantitative estimate of drug-likeness (QED) is 0.715. The van der Waals surface area contributed by atoms with Crippen LogP contribution in [0.15, 0.2) is 42.7 Å². The molecule has 2 heterocycles. The molecule has 2 atom stereocenters. The van der Waals surface area contributed by atoms with Gasteiger partial charge >= 0.3 is 0 Å². The molecule has 3 rings (SSSR count). The fourth-order valence-electron chi connectivity index (χ4n) is 3.25. The van der Waals surface area contributed by atoms with Gasteiger partial charge in [-0.3, -0.25) is 9.78 Å². The zero-order valence-electron chi connectivity index (χ0n) is 14.6. The Balaban J connectivity index is 1.67. The molecule has 0 aliphatic heterocycles. The summed E-state index contributed by atoms with van der Waals surface area (Å²) in [6.45, 7) is 2.39. The molecule has 1 fully saturated rings. The molecule has 0 aromatic carbocycles. The maximum absolute atomic E-state index is 12.3. The summed E-state index contributed by atoms with van der Waals surface area (Å²) in [5.41, 5.74) is 0.734. The minimum Gasteiger partial charge on any atom is -0.477 e. The number of aliphatic hydroxyl groups excluding tert-OH is 2. The maximum atomic E-state index is 12.3. The van der Waals surface area contributed by atoms with Crippen molar-refractivity contribution in [1.82, 2.24) is 15.3 Å². The van der Waals surface area contributed by atoms with E-state index in [4.69, 9.17) is 4.74 Å². The largest absolute Gasteiger partial charge is 0.477 e. The predicted octanol–water partition coefficient (Wildman–Crippen LogP) is 1.10. The summed E-state index contributed by atoms with van der Waals surface area (Å²) in [5.74, 6) is 0.237. The number of nitrogens with zero attached hydrogens (tertiary/aromatic N) is 2. The number of rotatable bonds is 6. The molecule has 0 bridgehead atoms. The smallest absolute Gasteiger partial charge is 0.252 e. The molecule has 0 radical (unpaired) electrons. The van der Waals surface area contributed by atoms with Crippen LogP contribution in [-0.4, -0.2) is 51.4 Å². The Kier molecular flexibility index (Phi) is 5.49. The monoisotopic (exact) mass is 357 g/mol. The van der Waals surface area contributed by atoms with E-state index < -0.39 is 17.6 Å². The third-order valence-corrected chi connectivity index (χ3v) is 4.67. The van der Waals surface area contributed by atoms with Gasteiger partial charge in [-0.15, -0.1) is 0 Å². The van der Waals surface area contributed by atoms with Crippen molar-refractivity contribution in [2.45, 2.75) is 32.0 Å². The fraction of sp³-hybridized carbons (Fsp3) is 0.421. The number of hydrogen-bond donors (Lipinski definition) is 3. The lowest BCUT2D eigenvalue weighted by molar-refractivity contribution is 0.0438. The molecule has 138 valence electrons. The molecule has 3 N–H and O–H groups in total. The van der Waals surface area contributed by atoms with Crippen LogP contribution >= 0.6 is 0 Å². The number of ether oxygens (including phenoxy) is 1. The van der Waals surface area contributed by atoms with E-state index in [1.165, 1.54) is 6.20 Å². The highest BCUT2D eigenvalue weighted by atomic mass is 16.5. The Labute approximate surface area is 152 Å². The summed E-state index contributed by atoms with van der Waals surface area (Å²) in [4.78, 5) is 20.5. The zero-order valence-corrected chi connectivity index (χ0v) is 14.6. The predicted molar refractivity (Wildman–Crippen MR) is 94.7 cm³/mol. The van der Waals surface area contributed by atoms with Gasteiger partial charge in [0.05, 0.1) is 24.4 Å². The molecule has 26 heavy (non-hydrogen) atoms. The summed E-state index contributed by atoms with van der Waals surface area (Å²) in [6.07, 6.45) is 2.11. The third-order valence-electron chi connectivity index (χ3n) is 4.67. The minimum atomic E-state index is -0.834. The van der Waals surface area contributed by atoms with Crippen LogP contribution in [-0.2, 0) is 0 Å². The molecule has 0 saturated heterocycles. The SMILES string of the molecule is Cc1cccc(OCC2(CNC(=O)c3cccnc3)CC(O)C(O)C2)n1. The molecular weight excluding hydrogens is 334 g/mol. The van der Waals surface area contributed by atoms with E-state index in [2.05, 4.69) is 15.3 Å². The number of hydrogen-bond acceptors (Lipinski definition) is 6. The van der Waals surface area contributed by atoms with Crippen molar-refractivity contribution < 1.29 is 19.7 Å². The molecular formula is C19H23N3O4. The summed E-state index contributed by atoms with van der Waals surface area (Å²) >= 11 is 0. The lowest BCUT2D eigenvalue weighted by Crippen LogP contribution is -2.40. The Hall–Kier alpha value is -2.51. The number of carbonyl (C=O) groups is 1. The van der Waals surface area contributed by atoms with Crippen LogP contribution in [0.25, 0.3) is 0 Å². The van der Waals surface area contributed by atoms with Gasteiger partial charge in [0, 0.05) is 36.1 Å². The highest BCUT2D eigenvalue weighted by molar-refractivity contribution is 5.93. The molecule has 2 unspecified atom stereocenters. The number of aromatic nitrogens is 2. The first kappa shape index (κ1) is 18.3. The lowest BCUT2D eigenvalue weighted by Gasteiger charge is -2.29. The second kappa shape index (κ2) is 7.80. The van der Waals surface area contributed by atoms with Crippen LogP contribution < -0.4 is 10.1 Å². The highest BCUT2D eigenvalue weighted by Gasteiger charge is 2.45. The molecule has 1 amide bonds. The first-order valence-corrected chi connectivity index (χ1v) is 8.58. The number of pyridine rings is 2. The van der Waals surface area contributed by atoms with Gasteiger partial charge in [0.2, 0.25) is 5.88 Å². The maximum Gasteiger partial charge on any atom is 0.252 e. The lowest BCUT2D eigenvalue weighted by atomic mass is 9.86. The van der Waals surface area contributed by atoms with Crippen LogP contribution in [0.3, 0.4) is 0 Å². The zero-order chi connectivity index (χ0) is 18.6. The summed E-state index contributed by atoms with van der Waals surface area (Å²) < 4.78 is 5.81. The van der Waals surface area contributed by atoms with Crippen LogP contribution in [0, 0.1) is 12.3 Å². The highest BCUT2D eigenvalue weighted by Crippen LogP contribution is 2.38. The van der Waals surface area contributed by atoms with Crippen molar-refractivity contribution in [2.24, 2.45) is 5.41 Å².